The predicted octanol–water partition coefficient (Wildman–Crippen LogP) is 5.46. The molecule has 4 heteroatoms. The lowest BCUT2D eigenvalue weighted by Gasteiger charge is -2.16. The Morgan fingerprint density at radius 1 is 0.839 bits per heavy atom. The van der Waals surface area contributed by atoms with Crippen molar-refractivity contribution in [2.45, 2.75) is 6.42 Å². The van der Waals surface area contributed by atoms with Gasteiger partial charge in [0.1, 0.15) is 18.1 Å². The van der Waals surface area contributed by atoms with Gasteiger partial charge in [0.15, 0.2) is 0 Å². The second-order valence-corrected chi connectivity index (χ2v) is 7.80. The number of rotatable bonds is 9. The molecular formula is C27H28N2O2. The van der Waals surface area contributed by atoms with Crippen LogP contribution >= 0.6 is 0 Å². The molecule has 4 nitrogen and oxygen atoms in total. The maximum absolute atomic E-state index is 6.28. The minimum atomic E-state index is 0.593. The minimum Gasteiger partial charge on any atom is -0.493 e. The van der Waals surface area contributed by atoms with Gasteiger partial charge in [-0.25, -0.2) is 0 Å². The highest BCUT2D eigenvalue weighted by atomic mass is 16.5. The highest BCUT2D eigenvalue weighted by Crippen LogP contribution is 2.38. The third-order valence-electron chi connectivity index (χ3n) is 5.19. The van der Waals surface area contributed by atoms with Gasteiger partial charge in [-0.15, -0.1) is 0 Å². The number of aromatic nitrogens is 1. The average molecular weight is 413 g/mol. The Balaban J connectivity index is 1.63. The van der Waals surface area contributed by atoms with Gasteiger partial charge in [-0.2, -0.15) is 0 Å². The summed E-state index contributed by atoms with van der Waals surface area (Å²) in [6.07, 6.45) is 4.49. The third kappa shape index (κ3) is 5.41. The predicted molar refractivity (Wildman–Crippen MR) is 127 cm³/mol. The molecule has 1 heterocycles. The van der Waals surface area contributed by atoms with Crippen molar-refractivity contribution in [2.75, 3.05) is 33.9 Å². The van der Waals surface area contributed by atoms with Crippen LogP contribution in [0.25, 0.3) is 21.9 Å². The fourth-order valence-corrected chi connectivity index (χ4v) is 3.58. The van der Waals surface area contributed by atoms with Crippen molar-refractivity contribution in [3.63, 3.8) is 0 Å². The van der Waals surface area contributed by atoms with Crippen LogP contribution in [0.5, 0.6) is 11.5 Å². The SMILES string of the molecule is CN(C)CCOc1cccc(-c2c(OCCc3cccnc3)ccc3ccccc23)c1. The van der Waals surface area contributed by atoms with E-state index in [0.29, 0.717) is 13.2 Å². The van der Waals surface area contributed by atoms with Crippen LogP contribution in [0.1, 0.15) is 5.56 Å². The highest BCUT2D eigenvalue weighted by molar-refractivity contribution is 5.99. The zero-order chi connectivity index (χ0) is 21.5. The first kappa shape index (κ1) is 20.9. The number of benzene rings is 3. The summed E-state index contributed by atoms with van der Waals surface area (Å²) < 4.78 is 12.3. The van der Waals surface area contributed by atoms with E-state index in [9.17, 15) is 0 Å². The van der Waals surface area contributed by atoms with Crippen molar-refractivity contribution in [1.29, 1.82) is 0 Å². The highest BCUT2D eigenvalue weighted by Gasteiger charge is 2.12. The van der Waals surface area contributed by atoms with Gasteiger partial charge in [-0.3, -0.25) is 4.98 Å². The summed E-state index contributed by atoms with van der Waals surface area (Å²) in [6.45, 7) is 2.12. The summed E-state index contributed by atoms with van der Waals surface area (Å²) in [4.78, 5) is 6.30. The first-order valence-electron chi connectivity index (χ1n) is 10.6. The number of likely N-dealkylation sites (N-methyl/N-ethyl adjacent to an activating group) is 1. The molecule has 0 unspecified atom stereocenters. The number of hydrogen-bond donors (Lipinski definition) is 0. The maximum Gasteiger partial charge on any atom is 0.127 e. The third-order valence-corrected chi connectivity index (χ3v) is 5.19. The molecule has 0 aliphatic carbocycles. The Bertz CT molecular complexity index is 1130. The Morgan fingerprint density at radius 2 is 1.74 bits per heavy atom. The van der Waals surface area contributed by atoms with Crippen molar-refractivity contribution >= 4 is 10.8 Å². The molecule has 0 fully saturated rings. The number of ether oxygens (including phenoxy) is 2. The van der Waals surface area contributed by atoms with E-state index in [4.69, 9.17) is 9.47 Å². The zero-order valence-electron chi connectivity index (χ0n) is 18.1. The molecule has 0 radical (unpaired) electrons. The van der Waals surface area contributed by atoms with Crippen LogP contribution in [0.2, 0.25) is 0 Å². The second kappa shape index (κ2) is 10.1. The standard InChI is InChI=1S/C27H28N2O2/c1-29(2)16-18-30-24-10-5-9-23(19-24)27-25-11-4-3-8-22(25)12-13-26(27)31-17-14-21-7-6-15-28-20-21/h3-13,15,19-20H,14,16-18H2,1-2H3. The minimum absolute atomic E-state index is 0.593. The molecule has 0 N–H and O–H groups in total. The molecule has 0 aliphatic rings. The van der Waals surface area contributed by atoms with E-state index in [-0.39, 0.29) is 0 Å². The summed E-state index contributed by atoms with van der Waals surface area (Å²) in [5, 5.41) is 2.36. The van der Waals surface area contributed by atoms with Gasteiger partial charge in [0.2, 0.25) is 0 Å². The number of pyridine rings is 1. The molecule has 1 aromatic heterocycles. The fraction of sp³-hybridized carbons (Fsp3) is 0.222. The smallest absolute Gasteiger partial charge is 0.127 e. The number of hydrogen-bond acceptors (Lipinski definition) is 4. The van der Waals surface area contributed by atoms with E-state index < -0.39 is 0 Å². The van der Waals surface area contributed by atoms with Crippen molar-refractivity contribution in [3.05, 3.63) is 90.8 Å². The molecule has 31 heavy (non-hydrogen) atoms. The summed E-state index contributed by atoms with van der Waals surface area (Å²) in [7, 11) is 4.09. The van der Waals surface area contributed by atoms with Crippen molar-refractivity contribution in [1.82, 2.24) is 9.88 Å². The number of nitrogens with zero attached hydrogens (tertiary/aromatic N) is 2. The van der Waals surface area contributed by atoms with Crippen LogP contribution in [0, 0.1) is 0 Å². The van der Waals surface area contributed by atoms with Gasteiger partial charge in [0, 0.05) is 30.9 Å². The molecular weight excluding hydrogens is 384 g/mol. The van der Waals surface area contributed by atoms with Crippen LogP contribution in [-0.4, -0.2) is 43.7 Å². The van der Waals surface area contributed by atoms with Crippen LogP contribution in [0.4, 0.5) is 0 Å². The van der Waals surface area contributed by atoms with Crippen molar-refractivity contribution in [3.8, 4) is 22.6 Å². The lowest BCUT2D eigenvalue weighted by atomic mass is 9.97. The molecule has 0 saturated carbocycles. The molecule has 0 spiro atoms. The largest absolute Gasteiger partial charge is 0.493 e. The Morgan fingerprint density at radius 3 is 2.58 bits per heavy atom. The Hall–Kier alpha value is -3.37. The second-order valence-electron chi connectivity index (χ2n) is 7.80. The van der Waals surface area contributed by atoms with E-state index in [1.54, 1.807) is 6.20 Å². The molecule has 0 aliphatic heterocycles. The van der Waals surface area contributed by atoms with Gasteiger partial charge in [-0.05, 0) is 60.3 Å². The van der Waals surface area contributed by atoms with Crippen molar-refractivity contribution in [2.24, 2.45) is 0 Å². The topological polar surface area (TPSA) is 34.6 Å². The first-order chi connectivity index (χ1) is 15.2. The van der Waals surface area contributed by atoms with E-state index in [1.165, 1.54) is 16.3 Å². The zero-order valence-corrected chi connectivity index (χ0v) is 18.1. The Labute approximate surface area is 184 Å². The summed E-state index contributed by atoms with van der Waals surface area (Å²) >= 11 is 0. The molecule has 0 saturated heterocycles. The Kier molecular flexibility index (Phi) is 6.80. The fourth-order valence-electron chi connectivity index (χ4n) is 3.58. The van der Waals surface area contributed by atoms with Gasteiger partial charge >= 0.3 is 0 Å². The molecule has 4 aromatic rings. The molecule has 0 amide bonds. The van der Waals surface area contributed by atoms with Gasteiger partial charge in [0.05, 0.1) is 6.61 Å². The molecule has 0 bridgehead atoms. The quantitative estimate of drug-likeness (QED) is 0.365. The maximum atomic E-state index is 6.28. The van der Waals surface area contributed by atoms with Crippen molar-refractivity contribution < 1.29 is 9.47 Å². The van der Waals surface area contributed by atoms with E-state index in [2.05, 4.69) is 64.5 Å². The van der Waals surface area contributed by atoms with Crippen LogP contribution in [0.15, 0.2) is 85.2 Å². The first-order valence-corrected chi connectivity index (χ1v) is 10.6. The summed E-state index contributed by atoms with van der Waals surface area (Å²) in [6, 6.07) is 24.9. The molecule has 4 rings (SSSR count). The lowest BCUT2D eigenvalue weighted by molar-refractivity contribution is 0.261. The summed E-state index contributed by atoms with van der Waals surface area (Å²) in [5.74, 6) is 1.75. The molecule has 3 aromatic carbocycles. The molecule has 158 valence electrons. The van der Waals surface area contributed by atoms with Gasteiger partial charge in [-0.1, -0.05) is 48.5 Å². The van der Waals surface area contributed by atoms with Gasteiger partial charge in [0.25, 0.3) is 0 Å². The molecule has 0 atom stereocenters. The van der Waals surface area contributed by atoms with Crippen LogP contribution < -0.4 is 9.47 Å². The summed E-state index contributed by atoms with van der Waals surface area (Å²) in [5.41, 5.74) is 3.36. The lowest BCUT2D eigenvalue weighted by Crippen LogP contribution is -2.19. The van der Waals surface area contributed by atoms with Crippen LogP contribution in [0.3, 0.4) is 0 Å². The average Bonchev–Trinajstić information content (AvgIpc) is 2.79. The number of fused-ring (bicyclic) bond motifs is 1. The van der Waals surface area contributed by atoms with E-state index in [0.717, 1.165) is 35.6 Å². The normalized spacial score (nSPS) is 11.1. The van der Waals surface area contributed by atoms with Gasteiger partial charge < -0.3 is 14.4 Å². The monoisotopic (exact) mass is 412 g/mol. The van der Waals surface area contributed by atoms with E-state index in [1.807, 2.05) is 38.5 Å². The van der Waals surface area contributed by atoms with E-state index >= 15 is 0 Å². The van der Waals surface area contributed by atoms with Crippen LogP contribution in [-0.2, 0) is 6.42 Å².